The maximum absolute atomic E-state index is 13.2. The number of para-hydroxylation sites is 1. The van der Waals surface area contributed by atoms with Crippen LogP contribution < -0.4 is 19.7 Å². The molecule has 3 aromatic rings. The molecule has 0 spiro atoms. The highest BCUT2D eigenvalue weighted by Gasteiger charge is 2.32. The van der Waals surface area contributed by atoms with Crippen LogP contribution in [0.2, 0.25) is 0 Å². The molecular weight excluding hydrogens is 458 g/mol. The van der Waals surface area contributed by atoms with E-state index in [1.165, 1.54) is 17.2 Å². The topological polar surface area (TPSA) is 90.0 Å². The molecule has 1 N–H and O–H groups in total. The summed E-state index contributed by atoms with van der Waals surface area (Å²) in [6.45, 7) is 3.27. The van der Waals surface area contributed by atoms with Gasteiger partial charge in [-0.15, -0.1) is 0 Å². The highest BCUT2D eigenvalue weighted by atomic mass is 16.5. The molecule has 182 valence electrons. The maximum atomic E-state index is 13.2. The van der Waals surface area contributed by atoms with Gasteiger partial charge >= 0.3 is 0 Å². The Morgan fingerprint density at radius 2 is 1.94 bits per heavy atom. The van der Waals surface area contributed by atoms with Crippen LogP contribution in [-0.4, -0.2) is 49.7 Å². The van der Waals surface area contributed by atoms with Crippen molar-refractivity contribution in [3.8, 4) is 29.1 Å². The van der Waals surface area contributed by atoms with Crippen molar-refractivity contribution in [1.29, 1.82) is 0 Å². The number of amides is 2. The molecule has 1 saturated heterocycles. The molecule has 2 aliphatic rings. The fourth-order valence-electron chi connectivity index (χ4n) is 3.84. The SMILES string of the molecule is CN1C(=O)[C@H](NC(=O)c2cc(Oc3ccccc3)ccn2)COc2ccc(C#CC3(C)COC3)cc21. The number of aromatic nitrogens is 1. The maximum Gasteiger partial charge on any atom is 0.270 e. The van der Waals surface area contributed by atoms with E-state index >= 15 is 0 Å². The van der Waals surface area contributed by atoms with Crippen molar-refractivity contribution in [2.24, 2.45) is 5.41 Å². The van der Waals surface area contributed by atoms with Crippen molar-refractivity contribution < 1.29 is 23.8 Å². The Bertz CT molecular complexity index is 1360. The predicted molar refractivity (Wildman–Crippen MR) is 133 cm³/mol. The van der Waals surface area contributed by atoms with Crippen LogP contribution in [0.3, 0.4) is 0 Å². The Kier molecular flexibility index (Phi) is 6.32. The van der Waals surface area contributed by atoms with E-state index in [9.17, 15) is 9.59 Å². The quantitative estimate of drug-likeness (QED) is 0.572. The fraction of sp³-hybridized carbons (Fsp3) is 0.250. The Balaban J connectivity index is 1.29. The number of anilines is 1. The van der Waals surface area contributed by atoms with Gasteiger partial charge in [-0.1, -0.05) is 30.0 Å². The van der Waals surface area contributed by atoms with Crippen LogP contribution in [0.4, 0.5) is 5.69 Å². The van der Waals surface area contributed by atoms with Gasteiger partial charge in [-0.05, 0) is 43.3 Å². The monoisotopic (exact) mass is 483 g/mol. The van der Waals surface area contributed by atoms with E-state index in [4.69, 9.17) is 14.2 Å². The van der Waals surface area contributed by atoms with Crippen LogP contribution in [-0.2, 0) is 9.53 Å². The van der Waals surface area contributed by atoms with Crippen LogP contribution in [0.15, 0.2) is 66.9 Å². The second kappa shape index (κ2) is 9.72. The van der Waals surface area contributed by atoms with E-state index in [-0.39, 0.29) is 23.6 Å². The zero-order valence-electron chi connectivity index (χ0n) is 20.0. The van der Waals surface area contributed by atoms with Gasteiger partial charge in [-0.2, -0.15) is 0 Å². The molecule has 5 rings (SSSR count). The fourth-order valence-corrected chi connectivity index (χ4v) is 3.84. The van der Waals surface area contributed by atoms with Gasteiger partial charge in [0.2, 0.25) is 0 Å². The van der Waals surface area contributed by atoms with E-state index < -0.39 is 11.9 Å². The lowest BCUT2D eigenvalue weighted by atomic mass is 9.89. The summed E-state index contributed by atoms with van der Waals surface area (Å²) in [6, 6.07) is 17.0. The number of nitrogens with one attached hydrogen (secondary N) is 1. The predicted octanol–water partition coefficient (Wildman–Crippen LogP) is 3.42. The number of rotatable bonds is 4. The highest BCUT2D eigenvalue weighted by Crippen LogP contribution is 2.32. The first-order chi connectivity index (χ1) is 17.4. The first-order valence-corrected chi connectivity index (χ1v) is 11.6. The van der Waals surface area contributed by atoms with Crippen LogP contribution in [0.5, 0.6) is 17.2 Å². The summed E-state index contributed by atoms with van der Waals surface area (Å²) in [5.74, 6) is 7.25. The lowest BCUT2D eigenvalue weighted by Gasteiger charge is -2.32. The summed E-state index contributed by atoms with van der Waals surface area (Å²) in [5.41, 5.74) is 1.35. The first kappa shape index (κ1) is 23.4. The summed E-state index contributed by atoms with van der Waals surface area (Å²) in [5, 5.41) is 2.74. The molecule has 0 bridgehead atoms. The van der Waals surface area contributed by atoms with Crippen molar-refractivity contribution in [2.45, 2.75) is 13.0 Å². The molecule has 1 aromatic heterocycles. The minimum atomic E-state index is -0.893. The van der Waals surface area contributed by atoms with E-state index in [1.54, 1.807) is 19.2 Å². The second-order valence-electron chi connectivity index (χ2n) is 9.01. The lowest BCUT2D eigenvalue weighted by Crippen LogP contribution is -2.49. The normalized spacial score (nSPS) is 17.9. The molecule has 0 unspecified atom stereocenters. The van der Waals surface area contributed by atoms with E-state index in [1.807, 2.05) is 42.5 Å². The van der Waals surface area contributed by atoms with Gasteiger partial charge < -0.3 is 24.4 Å². The summed E-state index contributed by atoms with van der Waals surface area (Å²) < 4.78 is 16.9. The molecule has 2 aromatic carbocycles. The molecule has 36 heavy (non-hydrogen) atoms. The number of likely N-dealkylation sites (N-methyl/N-ethyl adjacent to an activating group) is 1. The molecular formula is C28H25N3O5. The largest absolute Gasteiger partial charge is 0.489 e. The molecule has 0 radical (unpaired) electrons. The van der Waals surface area contributed by atoms with Crippen LogP contribution >= 0.6 is 0 Å². The molecule has 1 atom stereocenters. The van der Waals surface area contributed by atoms with Gasteiger partial charge in [-0.25, -0.2) is 0 Å². The van der Waals surface area contributed by atoms with Gasteiger partial charge in [0.25, 0.3) is 11.8 Å². The number of benzene rings is 2. The zero-order chi connectivity index (χ0) is 25.1. The molecule has 2 aliphatic heterocycles. The van der Waals surface area contributed by atoms with E-state index in [2.05, 4.69) is 29.1 Å². The second-order valence-corrected chi connectivity index (χ2v) is 9.01. The molecule has 8 heteroatoms. The number of ether oxygens (including phenoxy) is 3. The van der Waals surface area contributed by atoms with Crippen molar-refractivity contribution >= 4 is 17.5 Å². The van der Waals surface area contributed by atoms with Crippen molar-refractivity contribution in [3.63, 3.8) is 0 Å². The smallest absolute Gasteiger partial charge is 0.270 e. The van der Waals surface area contributed by atoms with Crippen molar-refractivity contribution in [2.75, 3.05) is 31.8 Å². The third kappa shape index (κ3) is 5.02. The summed E-state index contributed by atoms with van der Waals surface area (Å²) in [6.07, 6.45) is 1.49. The number of hydrogen-bond acceptors (Lipinski definition) is 6. The van der Waals surface area contributed by atoms with E-state index in [0.29, 0.717) is 36.1 Å². The van der Waals surface area contributed by atoms with Gasteiger partial charge in [0, 0.05) is 24.9 Å². The average Bonchev–Trinajstić information content (AvgIpc) is 2.99. The van der Waals surface area contributed by atoms with Crippen molar-refractivity contribution in [1.82, 2.24) is 10.3 Å². The third-order valence-corrected chi connectivity index (χ3v) is 5.95. The van der Waals surface area contributed by atoms with Gasteiger partial charge in [-0.3, -0.25) is 14.6 Å². The number of hydrogen-bond donors (Lipinski definition) is 1. The molecule has 0 aliphatic carbocycles. The molecule has 3 heterocycles. The Morgan fingerprint density at radius 3 is 2.69 bits per heavy atom. The van der Waals surface area contributed by atoms with Gasteiger partial charge in [0.1, 0.15) is 35.6 Å². The molecule has 8 nitrogen and oxygen atoms in total. The number of carbonyl (C=O) groups excluding carboxylic acids is 2. The van der Waals surface area contributed by atoms with E-state index in [0.717, 1.165) is 5.56 Å². The minimum absolute atomic E-state index is 0.0114. The number of nitrogens with zero attached hydrogens (tertiary/aromatic N) is 2. The molecule has 0 saturated carbocycles. The lowest BCUT2D eigenvalue weighted by molar-refractivity contribution is -0.120. The summed E-state index contributed by atoms with van der Waals surface area (Å²) in [7, 11) is 1.65. The van der Waals surface area contributed by atoms with Crippen LogP contribution in [0.25, 0.3) is 0 Å². The van der Waals surface area contributed by atoms with Gasteiger partial charge in [0.05, 0.1) is 24.3 Å². The Hall–Kier alpha value is -4.35. The number of fused-ring (bicyclic) bond motifs is 1. The number of carbonyl (C=O) groups is 2. The van der Waals surface area contributed by atoms with Crippen molar-refractivity contribution in [3.05, 3.63) is 78.1 Å². The number of pyridine rings is 1. The standard InChI is InChI=1S/C28H25N3O5/c1-28(17-34-18-28)12-10-19-8-9-25-24(14-19)31(2)27(33)23(16-35-25)30-26(32)22-15-21(11-13-29-22)36-20-6-4-3-5-7-20/h3-9,11,13-15,23H,16-18H2,1-2H3,(H,30,32)/t23-/m1/s1. The minimum Gasteiger partial charge on any atom is -0.489 e. The van der Waals surface area contributed by atoms with Crippen LogP contribution in [0.1, 0.15) is 23.0 Å². The first-order valence-electron chi connectivity index (χ1n) is 11.6. The highest BCUT2D eigenvalue weighted by molar-refractivity contribution is 6.03. The molecule has 1 fully saturated rings. The van der Waals surface area contributed by atoms with Crippen LogP contribution in [0, 0.1) is 17.3 Å². The third-order valence-electron chi connectivity index (χ3n) is 5.95. The molecule has 2 amide bonds. The zero-order valence-corrected chi connectivity index (χ0v) is 20.0. The summed E-state index contributed by atoms with van der Waals surface area (Å²) >= 11 is 0. The Morgan fingerprint density at radius 1 is 1.14 bits per heavy atom. The average molecular weight is 484 g/mol. The van der Waals surface area contributed by atoms with Gasteiger partial charge in [0.15, 0.2) is 0 Å². The Labute approximate surface area is 209 Å². The summed E-state index contributed by atoms with van der Waals surface area (Å²) in [4.78, 5) is 31.8.